The highest BCUT2D eigenvalue weighted by Crippen LogP contribution is 2.42. The molecule has 38 heavy (non-hydrogen) atoms. The lowest BCUT2D eigenvalue weighted by atomic mass is 10.0. The molecule has 1 saturated carbocycles. The molecule has 1 aliphatic heterocycles. The first kappa shape index (κ1) is 28.3. The van der Waals surface area contributed by atoms with Crippen molar-refractivity contribution in [3.8, 4) is 10.4 Å². The zero-order valence-electron chi connectivity index (χ0n) is 22.0. The normalized spacial score (nSPS) is 19.3. The number of pyridine rings is 1. The van der Waals surface area contributed by atoms with Crippen LogP contribution < -0.4 is 10.6 Å². The van der Waals surface area contributed by atoms with E-state index in [9.17, 15) is 27.9 Å². The SMILES string of the molecule is CC1CCCCN1C(=O)c1nc(C(=O)NCC(C)(C)O)sc1-c1cnc(N[C@@H](C)C2CC2)cc1C(F)(F)F. The van der Waals surface area contributed by atoms with Crippen molar-refractivity contribution in [2.75, 3.05) is 18.4 Å². The van der Waals surface area contributed by atoms with Gasteiger partial charge in [0.05, 0.1) is 16.0 Å². The molecule has 0 aromatic carbocycles. The lowest BCUT2D eigenvalue weighted by molar-refractivity contribution is -0.137. The Morgan fingerprint density at radius 1 is 1.24 bits per heavy atom. The van der Waals surface area contributed by atoms with Gasteiger partial charge in [-0.2, -0.15) is 13.2 Å². The maximum atomic E-state index is 14.3. The average Bonchev–Trinajstić information content (AvgIpc) is 3.60. The Kier molecular flexibility index (Phi) is 8.04. The van der Waals surface area contributed by atoms with Crippen molar-refractivity contribution in [1.29, 1.82) is 0 Å². The molecule has 2 fully saturated rings. The molecule has 12 heteroatoms. The van der Waals surface area contributed by atoms with Crippen LogP contribution in [0.2, 0.25) is 0 Å². The number of nitrogens with one attached hydrogen (secondary N) is 2. The Labute approximate surface area is 224 Å². The van der Waals surface area contributed by atoms with E-state index in [1.165, 1.54) is 13.8 Å². The molecule has 1 unspecified atom stereocenters. The van der Waals surface area contributed by atoms with E-state index < -0.39 is 29.2 Å². The summed E-state index contributed by atoms with van der Waals surface area (Å²) in [4.78, 5) is 36.5. The summed E-state index contributed by atoms with van der Waals surface area (Å²) in [7, 11) is 0. The van der Waals surface area contributed by atoms with Gasteiger partial charge in [-0.1, -0.05) is 0 Å². The topological polar surface area (TPSA) is 107 Å². The number of likely N-dealkylation sites (tertiary alicyclic amines) is 1. The molecular formula is C26H34F3N5O3S. The Hall–Kier alpha value is -2.73. The molecule has 0 spiro atoms. The largest absolute Gasteiger partial charge is 0.417 e. The lowest BCUT2D eigenvalue weighted by Crippen LogP contribution is -2.42. The number of rotatable bonds is 8. The number of halogens is 3. The van der Waals surface area contributed by atoms with Crippen molar-refractivity contribution >= 4 is 29.0 Å². The van der Waals surface area contributed by atoms with E-state index in [4.69, 9.17) is 0 Å². The predicted molar refractivity (Wildman–Crippen MR) is 139 cm³/mol. The van der Waals surface area contributed by atoms with Gasteiger partial charge < -0.3 is 20.6 Å². The van der Waals surface area contributed by atoms with E-state index in [1.807, 2.05) is 13.8 Å². The second-order valence-electron chi connectivity index (χ2n) is 10.9. The summed E-state index contributed by atoms with van der Waals surface area (Å²) in [6, 6.07) is 0.843. The van der Waals surface area contributed by atoms with Gasteiger partial charge in [0.15, 0.2) is 5.01 Å². The fourth-order valence-electron chi connectivity index (χ4n) is 4.55. The third-order valence-electron chi connectivity index (χ3n) is 6.93. The molecule has 3 N–H and O–H groups in total. The summed E-state index contributed by atoms with van der Waals surface area (Å²) >= 11 is 0.717. The third-order valence-corrected chi connectivity index (χ3v) is 8.02. The minimum Gasteiger partial charge on any atom is -0.389 e. The number of nitrogens with zero attached hydrogens (tertiary/aromatic N) is 3. The highest BCUT2D eigenvalue weighted by atomic mass is 32.1. The summed E-state index contributed by atoms with van der Waals surface area (Å²) in [5.41, 5.74) is -2.65. The molecule has 1 aliphatic carbocycles. The lowest BCUT2D eigenvalue weighted by Gasteiger charge is -2.33. The Balaban J connectivity index is 1.77. The van der Waals surface area contributed by atoms with Gasteiger partial charge in [-0.25, -0.2) is 9.97 Å². The van der Waals surface area contributed by atoms with E-state index in [2.05, 4.69) is 20.6 Å². The van der Waals surface area contributed by atoms with Crippen LogP contribution in [0.5, 0.6) is 0 Å². The fourth-order valence-corrected chi connectivity index (χ4v) is 5.55. The molecule has 2 aromatic rings. The number of aliphatic hydroxyl groups is 1. The number of piperidine rings is 1. The first-order valence-corrected chi connectivity index (χ1v) is 13.7. The van der Waals surface area contributed by atoms with Crippen LogP contribution >= 0.6 is 11.3 Å². The van der Waals surface area contributed by atoms with E-state index >= 15 is 0 Å². The number of anilines is 1. The molecule has 2 atom stereocenters. The number of hydrogen-bond donors (Lipinski definition) is 3. The van der Waals surface area contributed by atoms with Crippen molar-refractivity contribution < 1.29 is 27.9 Å². The Bertz CT molecular complexity index is 1190. The summed E-state index contributed by atoms with van der Waals surface area (Å²) < 4.78 is 42.9. The summed E-state index contributed by atoms with van der Waals surface area (Å²) in [5, 5.41) is 15.4. The maximum absolute atomic E-state index is 14.3. The standard InChI is InChI=1S/C26H34F3N5O3S/c1-14-7-5-6-10-34(14)24(36)20-21(38-23(33-20)22(35)31-13-25(3,4)37)17-12-30-19(11-18(17)26(27,28)29)32-15(2)16-8-9-16/h11-12,14-16,37H,5-10,13H2,1-4H3,(H,30,32)(H,31,35)/t14?,15-/m0/s1. The molecular weight excluding hydrogens is 519 g/mol. The molecule has 4 rings (SSSR count). The third kappa shape index (κ3) is 6.63. The summed E-state index contributed by atoms with van der Waals surface area (Å²) in [6.07, 6.45) is 0.935. The van der Waals surface area contributed by atoms with E-state index in [0.717, 1.165) is 55.7 Å². The molecule has 2 aliphatic rings. The van der Waals surface area contributed by atoms with Crippen LogP contribution in [0.3, 0.4) is 0 Å². The number of amides is 2. The predicted octanol–water partition coefficient (Wildman–Crippen LogP) is 4.95. The van der Waals surface area contributed by atoms with Crippen LogP contribution in [0, 0.1) is 5.92 Å². The van der Waals surface area contributed by atoms with Gasteiger partial charge in [0.2, 0.25) is 0 Å². The number of carbonyl (C=O) groups is 2. The van der Waals surface area contributed by atoms with Crippen LogP contribution in [0.4, 0.5) is 19.0 Å². The average molecular weight is 554 g/mol. The van der Waals surface area contributed by atoms with Gasteiger partial charge in [0, 0.05) is 36.9 Å². The molecule has 8 nitrogen and oxygen atoms in total. The van der Waals surface area contributed by atoms with Crippen LogP contribution in [-0.4, -0.2) is 62.6 Å². The van der Waals surface area contributed by atoms with Gasteiger partial charge in [-0.3, -0.25) is 9.59 Å². The summed E-state index contributed by atoms with van der Waals surface area (Å²) in [6.45, 7) is 7.19. The summed E-state index contributed by atoms with van der Waals surface area (Å²) in [5.74, 6) is -0.677. The second-order valence-corrected chi connectivity index (χ2v) is 11.9. The van der Waals surface area contributed by atoms with Gasteiger partial charge in [0.1, 0.15) is 11.5 Å². The van der Waals surface area contributed by atoms with Crippen molar-refractivity contribution in [2.24, 2.45) is 5.92 Å². The van der Waals surface area contributed by atoms with Crippen molar-refractivity contribution in [3.63, 3.8) is 0 Å². The van der Waals surface area contributed by atoms with Crippen molar-refractivity contribution in [3.05, 3.63) is 28.5 Å². The zero-order chi connectivity index (χ0) is 27.8. The fraction of sp³-hybridized carbons (Fsp3) is 0.615. The zero-order valence-corrected chi connectivity index (χ0v) is 22.8. The van der Waals surface area contributed by atoms with Crippen LogP contribution in [0.1, 0.15) is 85.7 Å². The molecule has 3 heterocycles. The Morgan fingerprint density at radius 3 is 2.55 bits per heavy atom. The second kappa shape index (κ2) is 10.8. The first-order chi connectivity index (χ1) is 17.7. The molecule has 2 aromatic heterocycles. The smallest absolute Gasteiger partial charge is 0.389 e. The minimum absolute atomic E-state index is 0.0124. The number of hydrogen-bond acceptors (Lipinski definition) is 7. The first-order valence-electron chi connectivity index (χ1n) is 12.9. The highest BCUT2D eigenvalue weighted by molar-refractivity contribution is 7.17. The van der Waals surface area contributed by atoms with Gasteiger partial charge in [-0.05, 0) is 71.8 Å². The van der Waals surface area contributed by atoms with E-state index in [1.54, 1.807) is 4.90 Å². The van der Waals surface area contributed by atoms with Crippen molar-refractivity contribution in [2.45, 2.75) is 83.7 Å². The number of aromatic nitrogens is 2. The number of carbonyl (C=O) groups excluding carboxylic acids is 2. The molecule has 0 bridgehead atoms. The molecule has 208 valence electrons. The van der Waals surface area contributed by atoms with Gasteiger partial charge in [-0.15, -0.1) is 11.3 Å². The van der Waals surface area contributed by atoms with E-state index in [0.29, 0.717) is 12.5 Å². The van der Waals surface area contributed by atoms with Crippen molar-refractivity contribution in [1.82, 2.24) is 20.2 Å². The number of alkyl halides is 3. The van der Waals surface area contributed by atoms with Crippen LogP contribution in [-0.2, 0) is 6.18 Å². The molecule has 2 amide bonds. The monoisotopic (exact) mass is 553 g/mol. The Morgan fingerprint density at radius 2 is 1.95 bits per heavy atom. The van der Waals surface area contributed by atoms with Crippen LogP contribution in [0.15, 0.2) is 12.3 Å². The van der Waals surface area contributed by atoms with Crippen LogP contribution in [0.25, 0.3) is 10.4 Å². The van der Waals surface area contributed by atoms with Gasteiger partial charge in [0.25, 0.3) is 11.8 Å². The van der Waals surface area contributed by atoms with Gasteiger partial charge >= 0.3 is 6.18 Å². The highest BCUT2D eigenvalue weighted by Gasteiger charge is 2.38. The van der Waals surface area contributed by atoms with E-state index in [-0.39, 0.29) is 45.6 Å². The quantitative estimate of drug-likeness (QED) is 0.427. The number of thiazole rings is 1. The molecule has 0 radical (unpaired) electrons. The minimum atomic E-state index is -4.73. The maximum Gasteiger partial charge on any atom is 0.417 e. The molecule has 1 saturated heterocycles.